The van der Waals surface area contributed by atoms with E-state index in [2.05, 4.69) is 15.7 Å². The Bertz CT molecular complexity index is 891. The molecule has 4 N–H and O–H groups in total. The van der Waals surface area contributed by atoms with E-state index in [1.165, 1.54) is 16.9 Å². The van der Waals surface area contributed by atoms with Crippen molar-refractivity contribution in [3.8, 4) is 5.75 Å². The molecule has 0 radical (unpaired) electrons. The third-order valence-corrected chi connectivity index (χ3v) is 4.59. The Balaban J connectivity index is 1.62. The zero-order valence-electron chi connectivity index (χ0n) is 13.4. The Morgan fingerprint density at radius 2 is 2.04 bits per heavy atom. The van der Waals surface area contributed by atoms with Gasteiger partial charge in [0.2, 0.25) is 0 Å². The number of anilines is 2. The molecule has 3 rings (SSSR count). The average Bonchev–Trinajstić information content (AvgIpc) is 2.98. The molecule has 6 nitrogen and oxygen atoms in total. The molecule has 0 fully saturated rings. The summed E-state index contributed by atoms with van der Waals surface area (Å²) in [6.45, 7) is 4.00. The van der Waals surface area contributed by atoms with Crippen LogP contribution < -0.4 is 21.3 Å². The number of hydrogen-bond acceptors (Lipinski definition) is 6. The van der Waals surface area contributed by atoms with Crippen LogP contribution in [-0.2, 0) is 4.79 Å². The molecule has 0 saturated heterocycles. The summed E-state index contributed by atoms with van der Waals surface area (Å²) in [5.41, 5.74) is 6.38. The highest BCUT2D eigenvalue weighted by Crippen LogP contribution is 2.27. The van der Waals surface area contributed by atoms with E-state index in [-0.39, 0.29) is 12.5 Å². The van der Waals surface area contributed by atoms with Crippen molar-refractivity contribution < 1.29 is 9.53 Å². The first kappa shape index (κ1) is 16.2. The van der Waals surface area contributed by atoms with Crippen molar-refractivity contribution in [1.29, 1.82) is 0 Å². The van der Waals surface area contributed by atoms with Gasteiger partial charge in [-0.2, -0.15) is 0 Å². The topological polar surface area (TPSA) is 89.3 Å². The van der Waals surface area contributed by atoms with Crippen LogP contribution in [0.2, 0.25) is 0 Å². The largest absolute Gasteiger partial charge is 0.484 e. The fourth-order valence-corrected chi connectivity index (χ4v) is 3.03. The van der Waals surface area contributed by atoms with Crippen molar-refractivity contribution in [3.05, 3.63) is 47.5 Å². The SMILES string of the molecule is Cc1ccc(OCC(=O)Nc2ccc3nc(NN)sc3c2)cc1C. The Morgan fingerprint density at radius 1 is 1.21 bits per heavy atom. The molecule has 0 bridgehead atoms. The number of benzene rings is 2. The van der Waals surface area contributed by atoms with Crippen molar-refractivity contribution in [2.24, 2.45) is 5.84 Å². The number of carbonyl (C=O) groups excluding carboxylic acids is 1. The molecule has 7 heteroatoms. The van der Waals surface area contributed by atoms with Crippen LogP contribution in [0.4, 0.5) is 10.8 Å². The number of carbonyl (C=O) groups is 1. The first-order chi connectivity index (χ1) is 11.5. The van der Waals surface area contributed by atoms with Gasteiger partial charge in [-0.1, -0.05) is 17.4 Å². The second-order valence-corrected chi connectivity index (χ2v) is 6.46. The number of ether oxygens (including phenoxy) is 1. The first-order valence-electron chi connectivity index (χ1n) is 7.42. The highest BCUT2D eigenvalue weighted by atomic mass is 32.1. The number of nitrogen functional groups attached to an aromatic ring is 1. The van der Waals surface area contributed by atoms with E-state index in [1.807, 2.05) is 44.2 Å². The Morgan fingerprint density at radius 3 is 2.79 bits per heavy atom. The van der Waals surface area contributed by atoms with E-state index in [1.54, 1.807) is 6.07 Å². The molecular weight excluding hydrogens is 324 g/mol. The summed E-state index contributed by atoms with van der Waals surface area (Å²) in [4.78, 5) is 16.3. The van der Waals surface area contributed by atoms with Gasteiger partial charge in [0.05, 0.1) is 10.2 Å². The highest BCUT2D eigenvalue weighted by molar-refractivity contribution is 7.22. The number of nitrogens with two attached hydrogens (primary N) is 1. The molecule has 1 heterocycles. The van der Waals surface area contributed by atoms with Crippen LogP contribution in [0, 0.1) is 13.8 Å². The molecule has 0 aliphatic heterocycles. The summed E-state index contributed by atoms with van der Waals surface area (Å²) in [6, 6.07) is 11.3. The second-order valence-electron chi connectivity index (χ2n) is 5.43. The molecule has 0 aliphatic rings. The minimum absolute atomic E-state index is 0.0428. The number of nitrogens with zero attached hydrogens (tertiary/aromatic N) is 1. The van der Waals surface area contributed by atoms with Gasteiger partial charge in [0.1, 0.15) is 5.75 Å². The molecule has 0 atom stereocenters. The molecule has 0 aliphatic carbocycles. The lowest BCUT2D eigenvalue weighted by Crippen LogP contribution is -2.20. The molecule has 0 unspecified atom stereocenters. The minimum atomic E-state index is -0.214. The minimum Gasteiger partial charge on any atom is -0.484 e. The van der Waals surface area contributed by atoms with E-state index in [4.69, 9.17) is 10.6 Å². The maximum absolute atomic E-state index is 12.1. The van der Waals surface area contributed by atoms with Gasteiger partial charge in [0, 0.05) is 5.69 Å². The van der Waals surface area contributed by atoms with Gasteiger partial charge in [-0.05, 0) is 55.3 Å². The summed E-state index contributed by atoms with van der Waals surface area (Å²) >= 11 is 1.42. The quantitative estimate of drug-likeness (QED) is 0.489. The maximum Gasteiger partial charge on any atom is 0.262 e. The van der Waals surface area contributed by atoms with Crippen LogP contribution >= 0.6 is 11.3 Å². The summed E-state index contributed by atoms with van der Waals surface area (Å²) in [5.74, 6) is 5.83. The summed E-state index contributed by atoms with van der Waals surface area (Å²) < 4.78 is 6.48. The fraction of sp³-hybridized carbons (Fsp3) is 0.176. The van der Waals surface area contributed by atoms with Gasteiger partial charge >= 0.3 is 0 Å². The predicted octanol–water partition coefficient (Wildman–Crippen LogP) is 3.22. The monoisotopic (exact) mass is 342 g/mol. The normalized spacial score (nSPS) is 10.6. The third-order valence-electron chi connectivity index (χ3n) is 3.64. The highest BCUT2D eigenvalue weighted by Gasteiger charge is 2.07. The molecule has 0 saturated carbocycles. The molecule has 1 amide bonds. The number of rotatable bonds is 5. The Hall–Kier alpha value is -2.64. The van der Waals surface area contributed by atoms with E-state index in [0.717, 1.165) is 15.8 Å². The lowest BCUT2D eigenvalue weighted by atomic mass is 10.1. The second kappa shape index (κ2) is 6.86. The smallest absolute Gasteiger partial charge is 0.262 e. The van der Waals surface area contributed by atoms with Crippen LogP contribution in [0.1, 0.15) is 11.1 Å². The lowest BCUT2D eigenvalue weighted by Gasteiger charge is -2.09. The van der Waals surface area contributed by atoms with Crippen molar-refractivity contribution in [2.75, 3.05) is 17.3 Å². The van der Waals surface area contributed by atoms with Crippen LogP contribution in [0.3, 0.4) is 0 Å². The molecule has 124 valence electrons. The average molecular weight is 342 g/mol. The van der Waals surface area contributed by atoms with Gasteiger partial charge in [-0.3, -0.25) is 10.2 Å². The first-order valence-corrected chi connectivity index (χ1v) is 8.24. The number of amides is 1. The van der Waals surface area contributed by atoms with Gasteiger partial charge < -0.3 is 10.1 Å². The van der Waals surface area contributed by atoms with Crippen molar-refractivity contribution in [2.45, 2.75) is 13.8 Å². The standard InChI is InChI=1S/C17H18N4O2S/c1-10-3-5-13(7-11(10)2)23-9-16(22)19-12-4-6-14-15(8-12)24-17(20-14)21-18/h3-8H,9,18H2,1-2H3,(H,19,22)(H,20,21). The maximum atomic E-state index is 12.1. The summed E-state index contributed by atoms with van der Waals surface area (Å²) in [6.07, 6.45) is 0. The molecule has 0 spiro atoms. The van der Waals surface area contributed by atoms with E-state index >= 15 is 0 Å². The van der Waals surface area contributed by atoms with Gasteiger partial charge in [-0.15, -0.1) is 0 Å². The number of hydrazine groups is 1. The number of nitrogens with one attached hydrogen (secondary N) is 2. The summed E-state index contributed by atoms with van der Waals surface area (Å²) in [7, 11) is 0. The molecule has 3 aromatic rings. The number of fused-ring (bicyclic) bond motifs is 1. The third kappa shape index (κ3) is 3.64. The molecule has 1 aromatic heterocycles. The van der Waals surface area contributed by atoms with Crippen LogP contribution in [0.25, 0.3) is 10.2 Å². The number of hydrogen-bond donors (Lipinski definition) is 3. The molecular formula is C17H18N4O2S. The number of aromatic nitrogens is 1. The van der Waals surface area contributed by atoms with Crippen molar-refractivity contribution in [3.63, 3.8) is 0 Å². The van der Waals surface area contributed by atoms with Crippen LogP contribution in [0.5, 0.6) is 5.75 Å². The van der Waals surface area contributed by atoms with Gasteiger partial charge in [-0.25, -0.2) is 10.8 Å². The number of thiazole rings is 1. The molecule has 24 heavy (non-hydrogen) atoms. The van der Waals surface area contributed by atoms with Crippen LogP contribution in [-0.4, -0.2) is 17.5 Å². The Kier molecular flexibility index (Phi) is 4.64. The fourth-order valence-electron chi connectivity index (χ4n) is 2.21. The van der Waals surface area contributed by atoms with E-state index in [0.29, 0.717) is 16.6 Å². The van der Waals surface area contributed by atoms with Crippen molar-refractivity contribution in [1.82, 2.24) is 4.98 Å². The zero-order valence-corrected chi connectivity index (χ0v) is 14.2. The van der Waals surface area contributed by atoms with Gasteiger partial charge in [0.15, 0.2) is 11.7 Å². The van der Waals surface area contributed by atoms with Gasteiger partial charge in [0.25, 0.3) is 5.91 Å². The van der Waals surface area contributed by atoms with E-state index in [9.17, 15) is 4.79 Å². The predicted molar refractivity (Wildman–Crippen MR) is 97.5 cm³/mol. The van der Waals surface area contributed by atoms with Crippen molar-refractivity contribution >= 4 is 38.3 Å². The van der Waals surface area contributed by atoms with E-state index < -0.39 is 0 Å². The number of aryl methyl sites for hydroxylation is 2. The Labute approximate surface area is 143 Å². The lowest BCUT2D eigenvalue weighted by molar-refractivity contribution is -0.118. The summed E-state index contributed by atoms with van der Waals surface area (Å²) in [5, 5.41) is 3.45. The molecule has 2 aromatic carbocycles. The zero-order chi connectivity index (χ0) is 17.1. The van der Waals surface area contributed by atoms with Crippen LogP contribution in [0.15, 0.2) is 36.4 Å².